The van der Waals surface area contributed by atoms with E-state index in [9.17, 15) is 0 Å². The van der Waals surface area contributed by atoms with Gasteiger partial charge in [0, 0.05) is 19.8 Å². The summed E-state index contributed by atoms with van der Waals surface area (Å²) in [6.45, 7) is 4.81. The van der Waals surface area contributed by atoms with Crippen LogP contribution in [0.15, 0.2) is 0 Å². The van der Waals surface area contributed by atoms with Gasteiger partial charge in [0.25, 0.3) is 0 Å². The van der Waals surface area contributed by atoms with E-state index in [1.807, 2.05) is 0 Å². The summed E-state index contributed by atoms with van der Waals surface area (Å²) in [6, 6.07) is 0. The molecule has 1 saturated heterocycles. The van der Waals surface area contributed by atoms with Crippen molar-refractivity contribution in [3.05, 3.63) is 0 Å². The smallest absolute Gasteiger partial charge is 0.0619 e. The van der Waals surface area contributed by atoms with Crippen LogP contribution in [0.3, 0.4) is 0 Å². The summed E-state index contributed by atoms with van der Waals surface area (Å²) in [5.74, 6) is 0.933. The molecule has 2 rings (SSSR count). The highest BCUT2D eigenvalue weighted by Gasteiger charge is 2.15. The van der Waals surface area contributed by atoms with E-state index in [1.165, 1.54) is 32.2 Å². The molecular weight excluding hydrogens is 202 g/mol. The molecule has 1 aliphatic carbocycles. The third-order valence-corrected chi connectivity index (χ3v) is 3.71. The van der Waals surface area contributed by atoms with Crippen molar-refractivity contribution in [1.29, 1.82) is 0 Å². The van der Waals surface area contributed by atoms with Crippen molar-refractivity contribution < 1.29 is 9.47 Å². The molecule has 0 spiro atoms. The Morgan fingerprint density at radius 1 is 1.06 bits per heavy atom. The summed E-state index contributed by atoms with van der Waals surface area (Å²) in [7, 11) is 0. The molecule has 1 heterocycles. The van der Waals surface area contributed by atoms with Crippen LogP contribution in [-0.2, 0) is 9.47 Å². The minimum absolute atomic E-state index is 0.446. The summed E-state index contributed by atoms with van der Waals surface area (Å²) in [4.78, 5) is 0. The van der Waals surface area contributed by atoms with Crippen molar-refractivity contribution in [1.82, 2.24) is 5.32 Å². The number of rotatable bonds is 6. The highest BCUT2D eigenvalue weighted by molar-refractivity contribution is 4.69. The molecule has 0 atom stereocenters. The van der Waals surface area contributed by atoms with E-state index in [2.05, 4.69) is 5.32 Å². The lowest BCUT2D eigenvalue weighted by molar-refractivity contribution is -0.0305. The molecule has 2 fully saturated rings. The molecule has 2 aliphatic rings. The van der Waals surface area contributed by atoms with Crippen molar-refractivity contribution in [2.24, 2.45) is 5.92 Å². The van der Waals surface area contributed by atoms with Crippen LogP contribution in [0.5, 0.6) is 0 Å². The fourth-order valence-corrected chi connectivity index (χ4v) is 2.66. The minimum atomic E-state index is 0.446. The Hall–Kier alpha value is -0.120. The van der Waals surface area contributed by atoms with E-state index in [0.29, 0.717) is 6.10 Å². The first-order valence-corrected chi connectivity index (χ1v) is 6.85. The lowest BCUT2D eigenvalue weighted by Gasteiger charge is -2.22. The first-order chi connectivity index (χ1) is 7.95. The number of hydrogen-bond donors (Lipinski definition) is 1. The topological polar surface area (TPSA) is 30.5 Å². The van der Waals surface area contributed by atoms with Crippen LogP contribution in [0.4, 0.5) is 0 Å². The molecule has 3 nitrogen and oxygen atoms in total. The van der Waals surface area contributed by atoms with E-state index in [4.69, 9.17) is 9.47 Å². The normalized spacial score (nSPS) is 24.0. The molecule has 0 bridgehead atoms. The second kappa shape index (κ2) is 7.25. The first kappa shape index (κ1) is 12.3. The van der Waals surface area contributed by atoms with Crippen LogP contribution in [-0.4, -0.2) is 39.0 Å². The van der Waals surface area contributed by atoms with Crippen LogP contribution in [0.25, 0.3) is 0 Å². The third kappa shape index (κ3) is 4.40. The van der Waals surface area contributed by atoms with Crippen LogP contribution < -0.4 is 5.32 Å². The Bertz CT molecular complexity index is 175. The molecule has 1 saturated carbocycles. The van der Waals surface area contributed by atoms with Gasteiger partial charge in [-0.25, -0.2) is 0 Å². The number of ether oxygens (including phenoxy) is 2. The maximum absolute atomic E-state index is 5.81. The predicted molar refractivity (Wildman–Crippen MR) is 64.6 cm³/mol. The second-order valence-corrected chi connectivity index (χ2v) is 5.04. The van der Waals surface area contributed by atoms with Gasteiger partial charge >= 0.3 is 0 Å². The van der Waals surface area contributed by atoms with Crippen LogP contribution >= 0.6 is 0 Å². The molecule has 94 valence electrons. The van der Waals surface area contributed by atoms with Crippen molar-refractivity contribution in [2.45, 2.75) is 44.6 Å². The Kier molecular flexibility index (Phi) is 5.59. The highest BCUT2D eigenvalue weighted by Crippen LogP contribution is 2.23. The summed E-state index contributed by atoms with van der Waals surface area (Å²) in [6.07, 6.45) is 8.31. The average molecular weight is 227 g/mol. The number of nitrogens with one attached hydrogen (secondary N) is 1. The van der Waals surface area contributed by atoms with Crippen molar-refractivity contribution in [3.8, 4) is 0 Å². The zero-order chi connectivity index (χ0) is 11.1. The van der Waals surface area contributed by atoms with E-state index in [1.54, 1.807) is 0 Å². The molecule has 0 radical (unpaired) electrons. The Morgan fingerprint density at radius 3 is 2.56 bits per heavy atom. The van der Waals surface area contributed by atoms with Gasteiger partial charge in [0.2, 0.25) is 0 Å². The maximum Gasteiger partial charge on any atom is 0.0619 e. The molecule has 0 aromatic rings. The van der Waals surface area contributed by atoms with Gasteiger partial charge in [0.15, 0.2) is 0 Å². The third-order valence-electron chi connectivity index (χ3n) is 3.71. The zero-order valence-electron chi connectivity index (χ0n) is 10.2. The fraction of sp³-hybridized carbons (Fsp3) is 1.00. The zero-order valence-corrected chi connectivity index (χ0v) is 10.2. The van der Waals surface area contributed by atoms with Crippen molar-refractivity contribution >= 4 is 0 Å². The lowest BCUT2D eigenvalue weighted by atomic mass is 10.1. The van der Waals surface area contributed by atoms with Gasteiger partial charge in [-0.1, -0.05) is 12.8 Å². The molecule has 1 aliphatic heterocycles. The quantitative estimate of drug-likeness (QED) is 0.704. The van der Waals surface area contributed by atoms with Gasteiger partial charge in [0.05, 0.1) is 12.7 Å². The fourth-order valence-electron chi connectivity index (χ4n) is 2.66. The molecule has 3 heteroatoms. The summed E-state index contributed by atoms with van der Waals surface area (Å²) in [5, 5.41) is 3.51. The van der Waals surface area contributed by atoms with E-state index in [-0.39, 0.29) is 0 Å². The maximum atomic E-state index is 5.81. The molecule has 0 unspecified atom stereocenters. The second-order valence-electron chi connectivity index (χ2n) is 5.04. The standard InChI is InChI=1S/C13H25NO2/c1-2-4-12(3-1)11-14-7-10-16-13-5-8-15-9-6-13/h12-14H,1-11H2. The molecular formula is C13H25NO2. The van der Waals surface area contributed by atoms with Gasteiger partial charge in [-0.15, -0.1) is 0 Å². The van der Waals surface area contributed by atoms with Crippen LogP contribution in [0.2, 0.25) is 0 Å². The van der Waals surface area contributed by atoms with Crippen LogP contribution in [0, 0.1) is 5.92 Å². The predicted octanol–water partition coefficient (Wildman–Crippen LogP) is 1.96. The minimum Gasteiger partial charge on any atom is -0.381 e. The van der Waals surface area contributed by atoms with Gasteiger partial charge in [-0.05, 0) is 38.1 Å². The van der Waals surface area contributed by atoms with E-state index >= 15 is 0 Å². The first-order valence-electron chi connectivity index (χ1n) is 6.85. The monoisotopic (exact) mass is 227 g/mol. The molecule has 0 aromatic carbocycles. The van der Waals surface area contributed by atoms with Gasteiger partial charge in [-0.3, -0.25) is 0 Å². The Balaban J connectivity index is 1.42. The summed E-state index contributed by atoms with van der Waals surface area (Å²) >= 11 is 0. The Labute approximate surface area is 98.9 Å². The molecule has 0 aromatic heterocycles. The lowest BCUT2D eigenvalue weighted by Crippen LogP contribution is -2.29. The Morgan fingerprint density at radius 2 is 1.81 bits per heavy atom. The van der Waals surface area contributed by atoms with Crippen LogP contribution in [0.1, 0.15) is 38.5 Å². The van der Waals surface area contributed by atoms with Crippen molar-refractivity contribution in [2.75, 3.05) is 32.9 Å². The van der Waals surface area contributed by atoms with E-state index < -0.39 is 0 Å². The average Bonchev–Trinajstić information content (AvgIpc) is 2.83. The van der Waals surface area contributed by atoms with Crippen molar-refractivity contribution in [3.63, 3.8) is 0 Å². The van der Waals surface area contributed by atoms with E-state index in [0.717, 1.165) is 45.1 Å². The largest absolute Gasteiger partial charge is 0.381 e. The summed E-state index contributed by atoms with van der Waals surface area (Å²) < 4.78 is 11.1. The summed E-state index contributed by atoms with van der Waals surface area (Å²) in [5.41, 5.74) is 0. The number of hydrogen-bond acceptors (Lipinski definition) is 3. The van der Waals surface area contributed by atoms with Gasteiger partial charge in [0.1, 0.15) is 0 Å². The van der Waals surface area contributed by atoms with Gasteiger partial charge in [-0.2, -0.15) is 0 Å². The molecule has 1 N–H and O–H groups in total. The van der Waals surface area contributed by atoms with Gasteiger partial charge < -0.3 is 14.8 Å². The molecule has 0 amide bonds. The SMILES string of the molecule is C1CCC(CNCCOC2CCOCC2)C1. The molecule has 16 heavy (non-hydrogen) atoms. The highest BCUT2D eigenvalue weighted by atomic mass is 16.5.